The van der Waals surface area contributed by atoms with Crippen molar-refractivity contribution in [1.29, 1.82) is 0 Å². The molecule has 1 fully saturated rings. The predicted molar refractivity (Wildman–Crippen MR) is 56.3 cm³/mol. The van der Waals surface area contributed by atoms with Crippen molar-refractivity contribution >= 4 is 0 Å². The average molecular weight is 226 g/mol. The Labute approximate surface area is 91.0 Å². The summed E-state index contributed by atoms with van der Waals surface area (Å²) in [6.07, 6.45) is 3.59. The molecular weight excluding hydrogens is 212 g/mol. The minimum absolute atomic E-state index is 0.0816. The molecule has 0 spiro atoms. The summed E-state index contributed by atoms with van der Waals surface area (Å²) >= 11 is 0. The Morgan fingerprint density at radius 1 is 1.31 bits per heavy atom. The number of rotatable bonds is 2. The van der Waals surface area contributed by atoms with E-state index in [9.17, 15) is 9.59 Å². The van der Waals surface area contributed by atoms with Crippen molar-refractivity contribution in [2.45, 2.75) is 37.8 Å². The molecule has 0 radical (unpaired) electrons. The number of aromatic amines is 2. The number of nitrogens with one attached hydrogen (secondary N) is 2. The number of nitrogens with two attached hydrogens (primary N) is 1. The van der Waals surface area contributed by atoms with Crippen LogP contribution in [0.3, 0.4) is 0 Å². The first kappa shape index (κ1) is 10.9. The largest absolute Gasteiger partial charge is 0.468 e. The molecule has 1 heterocycles. The molecule has 0 bridgehead atoms. The highest BCUT2D eigenvalue weighted by atomic mass is 16.5. The van der Waals surface area contributed by atoms with Crippen LogP contribution in [0.2, 0.25) is 0 Å². The van der Waals surface area contributed by atoms with Crippen LogP contribution in [0.15, 0.2) is 9.59 Å². The first-order valence-corrected chi connectivity index (χ1v) is 5.28. The predicted octanol–water partition coefficient (Wildman–Crippen LogP) is -0.893. The van der Waals surface area contributed by atoms with Gasteiger partial charge in [-0.15, -0.1) is 5.10 Å². The molecule has 0 aromatic carbocycles. The van der Waals surface area contributed by atoms with Gasteiger partial charge in [0.25, 0.3) is 5.88 Å². The third kappa shape index (κ3) is 2.30. The van der Waals surface area contributed by atoms with Crippen LogP contribution in [0.25, 0.3) is 0 Å². The van der Waals surface area contributed by atoms with Crippen molar-refractivity contribution in [3.05, 3.63) is 20.8 Å². The van der Waals surface area contributed by atoms with E-state index in [-0.39, 0.29) is 18.0 Å². The van der Waals surface area contributed by atoms with Crippen LogP contribution in [0.4, 0.5) is 0 Å². The van der Waals surface area contributed by atoms with Gasteiger partial charge in [-0.3, -0.25) is 9.78 Å². The summed E-state index contributed by atoms with van der Waals surface area (Å²) in [6.45, 7) is 0. The Bertz CT molecular complexity index is 466. The highest BCUT2D eigenvalue weighted by Crippen LogP contribution is 2.19. The molecule has 1 saturated carbocycles. The Kier molecular flexibility index (Phi) is 3.04. The highest BCUT2D eigenvalue weighted by Gasteiger charge is 2.24. The van der Waals surface area contributed by atoms with Crippen molar-refractivity contribution in [2.75, 3.05) is 0 Å². The zero-order valence-corrected chi connectivity index (χ0v) is 8.73. The van der Waals surface area contributed by atoms with Crippen LogP contribution in [0.1, 0.15) is 25.7 Å². The van der Waals surface area contributed by atoms with E-state index in [4.69, 9.17) is 10.5 Å². The number of hydrogen-bond donors (Lipinski definition) is 3. The van der Waals surface area contributed by atoms with Gasteiger partial charge < -0.3 is 10.5 Å². The van der Waals surface area contributed by atoms with Gasteiger partial charge in [0.05, 0.1) is 0 Å². The second-order valence-electron chi connectivity index (χ2n) is 3.92. The molecule has 2 rings (SSSR count). The summed E-state index contributed by atoms with van der Waals surface area (Å²) in [5, 5.41) is 5.67. The van der Waals surface area contributed by atoms with Crippen LogP contribution < -0.4 is 21.7 Å². The van der Waals surface area contributed by atoms with Gasteiger partial charge in [-0.1, -0.05) is 6.42 Å². The topological polar surface area (TPSA) is 114 Å². The van der Waals surface area contributed by atoms with Gasteiger partial charge in [0.15, 0.2) is 0 Å². The molecule has 1 aliphatic carbocycles. The maximum absolute atomic E-state index is 11.3. The van der Waals surface area contributed by atoms with Gasteiger partial charge in [-0.05, 0) is 19.3 Å². The van der Waals surface area contributed by atoms with E-state index in [1.165, 1.54) is 0 Å². The van der Waals surface area contributed by atoms with E-state index in [0.29, 0.717) is 0 Å². The zero-order chi connectivity index (χ0) is 11.5. The number of aromatic nitrogens is 3. The summed E-state index contributed by atoms with van der Waals surface area (Å²) in [5.41, 5.74) is 4.60. The lowest BCUT2D eigenvalue weighted by Gasteiger charge is -2.27. The summed E-state index contributed by atoms with van der Waals surface area (Å²) in [4.78, 5) is 24.1. The van der Waals surface area contributed by atoms with Crippen LogP contribution in [0, 0.1) is 0 Å². The maximum atomic E-state index is 11.3. The number of ether oxygens (including phenoxy) is 1. The fourth-order valence-corrected chi connectivity index (χ4v) is 1.83. The quantitative estimate of drug-likeness (QED) is 0.605. The number of nitrogens with zero attached hydrogens (tertiary/aromatic N) is 1. The Morgan fingerprint density at radius 2 is 2.06 bits per heavy atom. The van der Waals surface area contributed by atoms with Gasteiger partial charge >= 0.3 is 11.2 Å². The Morgan fingerprint density at radius 3 is 2.75 bits per heavy atom. The minimum atomic E-state index is -0.648. The fourth-order valence-electron chi connectivity index (χ4n) is 1.83. The van der Waals surface area contributed by atoms with Crippen LogP contribution in [-0.4, -0.2) is 27.3 Å². The molecule has 2 atom stereocenters. The molecule has 88 valence electrons. The maximum Gasteiger partial charge on any atom is 0.342 e. The molecule has 16 heavy (non-hydrogen) atoms. The lowest BCUT2D eigenvalue weighted by Crippen LogP contribution is -2.42. The van der Waals surface area contributed by atoms with E-state index in [1.54, 1.807) is 0 Å². The Balaban J connectivity index is 2.14. The summed E-state index contributed by atoms with van der Waals surface area (Å²) in [7, 11) is 0. The second-order valence-corrected chi connectivity index (χ2v) is 3.92. The molecule has 1 aliphatic rings. The van der Waals surface area contributed by atoms with Gasteiger partial charge in [-0.25, -0.2) is 9.89 Å². The molecule has 1 aromatic heterocycles. The molecule has 0 aliphatic heterocycles. The number of hydrogen-bond acceptors (Lipinski definition) is 5. The van der Waals surface area contributed by atoms with Gasteiger partial charge in [0.2, 0.25) is 0 Å². The van der Waals surface area contributed by atoms with Crippen molar-refractivity contribution in [1.82, 2.24) is 15.2 Å². The SMILES string of the molecule is NC1CCCCC1Oc1n[nH]c(=O)[nH]c1=O. The average Bonchev–Trinajstić information content (AvgIpc) is 2.25. The van der Waals surface area contributed by atoms with Crippen molar-refractivity contribution in [3.63, 3.8) is 0 Å². The van der Waals surface area contributed by atoms with E-state index in [2.05, 4.69) is 10.2 Å². The van der Waals surface area contributed by atoms with Crippen molar-refractivity contribution in [3.8, 4) is 5.88 Å². The molecule has 4 N–H and O–H groups in total. The third-order valence-electron chi connectivity index (χ3n) is 2.70. The first-order chi connectivity index (χ1) is 7.66. The summed E-state index contributed by atoms with van der Waals surface area (Å²) in [5.74, 6) is -0.123. The molecule has 7 heteroatoms. The monoisotopic (exact) mass is 226 g/mol. The Hall–Kier alpha value is -1.63. The molecular formula is C9H14N4O3. The standard InChI is InChI=1S/C9H14N4O3/c10-5-3-1-2-4-6(5)16-8-7(14)11-9(15)13-12-8/h5-6H,1-4,10H2,(H2,11,13,14,15). The van der Waals surface area contributed by atoms with E-state index >= 15 is 0 Å². The normalized spacial score (nSPS) is 25.3. The zero-order valence-electron chi connectivity index (χ0n) is 8.73. The molecule has 1 aromatic rings. The van der Waals surface area contributed by atoms with E-state index in [0.717, 1.165) is 25.7 Å². The van der Waals surface area contributed by atoms with Gasteiger partial charge in [0.1, 0.15) is 6.10 Å². The van der Waals surface area contributed by atoms with Crippen LogP contribution in [-0.2, 0) is 0 Å². The molecule has 7 nitrogen and oxygen atoms in total. The molecule has 0 saturated heterocycles. The van der Waals surface area contributed by atoms with Gasteiger partial charge in [0, 0.05) is 6.04 Å². The van der Waals surface area contributed by atoms with Gasteiger partial charge in [-0.2, -0.15) is 0 Å². The summed E-state index contributed by atoms with van der Waals surface area (Å²) < 4.78 is 5.40. The van der Waals surface area contributed by atoms with Crippen LogP contribution >= 0.6 is 0 Å². The highest BCUT2D eigenvalue weighted by molar-refractivity contribution is 5.01. The first-order valence-electron chi connectivity index (χ1n) is 5.28. The minimum Gasteiger partial charge on any atom is -0.468 e. The fraction of sp³-hybridized carbons (Fsp3) is 0.667. The lowest BCUT2D eigenvalue weighted by atomic mass is 9.93. The number of H-pyrrole nitrogens is 2. The third-order valence-corrected chi connectivity index (χ3v) is 2.70. The second kappa shape index (κ2) is 4.48. The lowest BCUT2D eigenvalue weighted by molar-refractivity contribution is 0.123. The molecule has 2 unspecified atom stereocenters. The van der Waals surface area contributed by atoms with E-state index < -0.39 is 11.2 Å². The van der Waals surface area contributed by atoms with Crippen LogP contribution in [0.5, 0.6) is 5.88 Å². The molecule has 0 amide bonds. The van der Waals surface area contributed by atoms with E-state index in [1.807, 2.05) is 4.98 Å². The summed E-state index contributed by atoms with van der Waals surface area (Å²) in [6, 6.07) is -0.0816. The van der Waals surface area contributed by atoms with Crippen molar-refractivity contribution in [2.24, 2.45) is 5.73 Å². The van der Waals surface area contributed by atoms with Crippen molar-refractivity contribution < 1.29 is 4.74 Å². The smallest absolute Gasteiger partial charge is 0.342 e.